The Kier molecular flexibility index (Phi) is 12.2. The molecule has 0 aliphatic heterocycles. The molecule has 0 aliphatic carbocycles. The molecule has 2 atom stereocenters. The summed E-state index contributed by atoms with van der Waals surface area (Å²) in [6.45, 7) is 9.49. The molecule has 0 spiro atoms. The Morgan fingerprint density at radius 2 is 1.41 bits per heavy atom. The predicted molar refractivity (Wildman–Crippen MR) is 115 cm³/mol. The number of rotatable bonds is 16. The summed E-state index contributed by atoms with van der Waals surface area (Å²) in [6.07, 6.45) is 3.37. The van der Waals surface area contributed by atoms with Gasteiger partial charge in [-0.3, -0.25) is 18.8 Å². The molecule has 8 nitrogen and oxygen atoms in total. The van der Waals surface area contributed by atoms with Gasteiger partial charge in [0.05, 0.1) is 6.34 Å². The second-order valence-electron chi connectivity index (χ2n) is 8.60. The number of nitrogens with two attached hydrogens (primary N) is 1. The lowest BCUT2D eigenvalue weighted by Gasteiger charge is -2.28. The normalized spacial score (nSPS) is 14.4. The summed E-state index contributed by atoms with van der Waals surface area (Å²) in [4.78, 5) is 0. The fourth-order valence-corrected chi connectivity index (χ4v) is 5.80. The van der Waals surface area contributed by atoms with E-state index in [4.69, 9.17) is 16.8 Å². The van der Waals surface area contributed by atoms with Crippen LogP contribution < -0.4 is 5.84 Å². The molecule has 0 saturated carbocycles. The molecule has 0 bridgehead atoms. The molecule has 0 aromatic carbocycles. The van der Waals surface area contributed by atoms with Crippen LogP contribution in [0.25, 0.3) is 0 Å². The lowest BCUT2D eigenvalue weighted by Crippen LogP contribution is -2.38. The third kappa shape index (κ3) is 13.9. The maximum absolute atomic E-state index is 12.2. The topological polar surface area (TPSA) is 127 Å². The summed E-state index contributed by atoms with van der Waals surface area (Å²) in [6, 6.07) is 0. The first-order chi connectivity index (χ1) is 12.4. The Morgan fingerprint density at radius 1 is 0.963 bits per heavy atom. The molecule has 10 heteroatoms. The summed E-state index contributed by atoms with van der Waals surface area (Å²) >= 11 is 0. The van der Waals surface area contributed by atoms with Gasteiger partial charge in [0.1, 0.15) is 0 Å². The zero-order chi connectivity index (χ0) is 21.1. The van der Waals surface area contributed by atoms with Gasteiger partial charge in [0.2, 0.25) is 0 Å². The average molecular weight is 423 g/mol. The molecular weight excluding hydrogens is 384 g/mol. The monoisotopic (exact) mass is 422 g/mol. The van der Waals surface area contributed by atoms with Crippen molar-refractivity contribution < 1.29 is 8.42 Å². The smallest absolute Gasteiger partial charge is 0.0958 e. The highest BCUT2D eigenvalue weighted by Crippen LogP contribution is 2.22. The first kappa shape index (κ1) is 26.1. The van der Waals surface area contributed by atoms with Crippen LogP contribution in [-0.4, -0.2) is 67.9 Å². The summed E-state index contributed by atoms with van der Waals surface area (Å²) < 4.78 is 24.4. The molecular formula is C17H38N6O2S2. The van der Waals surface area contributed by atoms with E-state index < -0.39 is 21.6 Å². The maximum Gasteiger partial charge on any atom is 0.0958 e. The van der Waals surface area contributed by atoms with E-state index in [1.807, 2.05) is 0 Å². The third-order valence-corrected chi connectivity index (χ3v) is 7.17. The molecule has 4 N–H and O–H groups in total. The first-order valence-corrected chi connectivity index (χ1v) is 12.2. The number of nitrogens with one attached hydrogen (secondary N) is 2. The van der Waals surface area contributed by atoms with Crippen LogP contribution in [0.15, 0.2) is 5.22 Å². The van der Waals surface area contributed by atoms with Gasteiger partial charge in [-0.1, -0.05) is 32.9 Å². The van der Waals surface area contributed by atoms with Crippen LogP contribution in [0.2, 0.25) is 0 Å². The van der Waals surface area contributed by atoms with Gasteiger partial charge in [-0.2, -0.15) is 5.53 Å². The highest BCUT2D eigenvalue weighted by Gasteiger charge is 2.22. The van der Waals surface area contributed by atoms with Gasteiger partial charge < -0.3 is 5.01 Å². The highest BCUT2D eigenvalue weighted by atomic mass is 32.2. The van der Waals surface area contributed by atoms with Crippen molar-refractivity contribution in [2.45, 2.75) is 47.0 Å². The average Bonchev–Trinajstić information content (AvgIpc) is 2.57. The molecule has 0 aromatic rings. The van der Waals surface area contributed by atoms with Crippen LogP contribution in [0.5, 0.6) is 0 Å². The summed E-state index contributed by atoms with van der Waals surface area (Å²) in [5.41, 5.74) is 6.85. The molecule has 0 radical (unpaired) electrons. The molecule has 0 heterocycles. The quantitative estimate of drug-likeness (QED) is 0.116. The lowest BCUT2D eigenvalue weighted by atomic mass is 9.90. The second kappa shape index (κ2) is 12.6. The van der Waals surface area contributed by atoms with Gasteiger partial charge >= 0.3 is 0 Å². The second-order valence-corrected chi connectivity index (χ2v) is 12.0. The molecule has 0 saturated heterocycles. The number of hydrazine groups is 1. The van der Waals surface area contributed by atoms with Crippen molar-refractivity contribution in [2.75, 3.05) is 43.1 Å². The van der Waals surface area contributed by atoms with E-state index in [2.05, 4.69) is 32.9 Å². The minimum atomic E-state index is -0.921. The minimum Gasteiger partial charge on any atom is -0.301 e. The largest absolute Gasteiger partial charge is 0.301 e. The molecule has 0 aromatic heterocycles. The van der Waals surface area contributed by atoms with Gasteiger partial charge in [-0.25, -0.2) is 5.84 Å². The number of nitrogens with zero attached hydrogens (tertiary/aromatic N) is 3. The van der Waals surface area contributed by atoms with Crippen LogP contribution >= 0.6 is 0 Å². The standard InChI is InChI=1S/C17H38N6O2S2/c1-16(2,13-22(5)21-19)7-11-26(24)9-6-10-27(25)12-8-17(3,4)14-23(20)15-18/h15,18-19H,6-14,20H2,1-5H3. The molecule has 0 amide bonds. The third-order valence-electron chi connectivity index (χ3n) is 4.36. The van der Waals surface area contributed by atoms with E-state index >= 15 is 0 Å². The van der Waals surface area contributed by atoms with Crippen molar-refractivity contribution in [1.82, 2.24) is 10.0 Å². The molecule has 160 valence electrons. The van der Waals surface area contributed by atoms with Gasteiger partial charge in [-0.05, 0) is 30.1 Å². The van der Waals surface area contributed by atoms with Crippen molar-refractivity contribution in [2.24, 2.45) is 21.9 Å². The van der Waals surface area contributed by atoms with Crippen molar-refractivity contribution in [1.29, 1.82) is 10.9 Å². The highest BCUT2D eigenvalue weighted by molar-refractivity contribution is 7.85. The van der Waals surface area contributed by atoms with Crippen molar-refractivity contribution in [3.05, 3.63) is 0 Å². The SMILES string of the molecule is CN(CC(C)(C)CCS(=O)CCCS(=O)CCC(C)(C)CN(N)C=N)N=N. The van der Waals surface area contributed by atoms with Crippen LogP contribution in [0.4, 0.5) is 0 Å². The molecule has 2 unspecified atom stereocenters. The van der Waals surface area contributed by atoms with Crippen molar-refractivity contribution in [3.63, 3.8) is 0 Å². The Labute approximate surface area is 169 Å². The van der Waals surface area contributed by atoms with Crippen LogP contribution in [0.3, 0.4) is 0 Å². The predicted octanol–water partition coefficient (Wildman–Crippen LogP) is 2.37. The van der Waals surface area contributed by atoms with Gasteiger partial charge in [-0.15, -0.1) is 0 Å². The van der Waals surface area contributed by atoms with E-state index in [1.54, 1.807) is 12.1 Å². The van der Waals surface area contributed by atoms with Crippen molar-refractivity contribution >= 4 is 27.9 Å². The van der Waals surface area contributed by atoms with E-state index in [-0.39, 0.29) is 10.8 Å². The van der Waals surface area contributed by atoms with E-state index in [0.717, 1.165) is 19.2 Å². The zero-order valence-corrected chi connectivity index (χ0v) is 19.1. The molecule has 27 heavy (non-hydrogen) atoms. The van der Waals surface area contributed by atoms with Crippen LogP contribution in [0.1, 0.15) is 47.0 Å². The van der Waals surface area contributed by atoms with Gasteiger partial charge in [0.25, 0.3) is 0 Å². The Bertz CT molecular complexity index is 470. The Hall–Kier alpha value is -0.870. The van der Waals surface area contributed by atoms with Gasteiger partial charge in [0.15, 0.2) is 0 Å². The molecule has 0 fully saturated rings. The molecule has 0 aliphatic rings. The van der Waals surface area contributed by atoms with E-state index in [0.29, 0.717) is 42.5 Å². The zero-order valence-electron chi connectivity index (χ0n) is 17.5. The Balaban J connectivity index is 4.04. The Morgan fingerprint density at radius 3 is 1.81 bits per heavy atom. The number of hydrogen-bond donors (Lipinski definition) is 3. The van der Waals surface area contributed by atoms with E-state index in [9.17, 15) is 8.42 Å². The summed E-state index contributed by atoms with van der Waals surface area (Å²) in [5, 5.41) is 13.4. The fraction of sp³-hybridized carbons (Fsp3) is 0.941. The van der Waals surface area contributed by atoms with Gasteiger partial charge in [0, 0.05) is 64.7 Å². The van der Waals surface area contributed by atoms with Crippen molar-refractivity contribution in [3.8, 4) is 0 Å². The maximum atomic E-state index is 12.2. The minimum absolute atomic E-state index is 0.0449. The first-order valence-electron chi connectivity index (χ1n) is 9.21. The van der Waals surface area contributed by atoms with E-state index in [1.165, 1.54) is 5.01 Å². The summed E-state index contributed by atoms with van der Waals surface area (Å²) in [5.74, 6) is 8.00. The van der Waals surface area contributed by atoms with Crippen LogP contribution in [0, 0.1) is 21.8 Å². The number of hydrogen-bond acceptors (Lipinski definition) is 6. The summed E-state index contributed by atoms with van der Waals surface area (Å²) in [7, 11) is -0.0665. The lowest BCUT2D eigenvalue weighted by molar-refractivity contribution is 0.196. The fourth-order valence-electron chi connectivity index (χ4n) is 2.72. The molecule has 0 rings (SSSR count). The van der Waals surface area contributed by atoms with Crippen LogP contribution in [-0.2, 0) is 21.6 Å².